The molecule has 0 unspecified atom stereocenters. The van der Waals surface area contributed by atoms with Crippen LogP contribution in [0.3, 0.4) is 0 Å². The number of benzene rings is 2. The first kappa shape index (κ1) is 12.2. The van der Waals surface area contributed by atoms with E-state index in [0.29, 0.717) is 33.0 Å². The molecule has 0 saturated heterocycles. The first-order valence-electron chi connectivity index (χ1n) is 4.89. The minimum absolute atomic E-state index is 0.213. The van der Waals surface area contributed by atoms with Crippen molar-refractivity contribution < 1.29 is 9.47 Å². The molecule has 0 spiro atoms. The maximum Gasteiger partial charge on any atom is 0.190 e. The van der Waals surface area contributed by atoms with Crippen molar-refractivity contribution in [2.45, 2.75) is 0 Å². The molecule has 0 amide bonds. The molecule has 92 valence electrons. The first-order chi connectivity index (χ1) is 8.58. The lowest BCUT2D eigenvalue weighted by molar-refractivity contribution is 0.360. The van der Waals surface area contributed by atoms with E-state index in [1.807, 2.05) is 0 Å². The Morgan fingerprint density at radius 2 is 1.44 bits per heavy atom. The summed E-state index contributed by atoms with van der Waals surface area (Å²) in [5.74, 6) is 1.63. The fourth-order valence-corrected chi connectivity index (χ4v) is 2.44. The molecule has 2 nitrogen and oxygen atoms in total. The highest BCUT2D eigenvalue weighted by Gasteiger charge is 2.26. The lowest BCUT2D eigenvalue weighted by Crippen LogP contribution is -2.00. The number of rotatable bonds is 0. The zero-order chi connectivity index (χ0) is 12.9. The van der Waals surface area contributed by atoms with E-state index < -0.39 is 0 Å². The quantitative estimate of drug-likeness (QED) is 0.459. The van der Waals surface area contributed by atoms with Gasteiger partial charge in [0.05, 0.1) is 15.1 Å². The SMILES string of the molecule is Clc1cc2c(c(Cl)c1Cl)Oc1cccc(Cl)c1O2. The van der Waals surface area contributed by atoms with Gasteiger partial charge in [-0.05, 0) is 12.1 Å². The fraction of sp³-hybridized carbons (Fsp3) is 0. The molecule has 18 heavy (non-hydrogen) atoms. The second-order valence-electron chi connectivity index (χ2n) is 3.58. The Balaban J connectivity index is 2.20. The van der Waals surface area contributed by atoms with E-state index in [-0.39, 0.29) is 10.0 Å². The largest absolute Gasteiger partial charge is 0.448 e. The van der Waals surface area contributed by atoms with Crippen LogP contribution in [0.4, 0.5) is 0 Å². The number of ether oxygens (including phenoxy) is 2. The van der Waals surface area contributed by atoms with E-state index in [4.69, 9.17) is 55.9 Å². The van der Waals surface area contributed by atoms with Crippen molar-refractivity contribution in [3.8, 4) is 23.0 Å². The van der Waals surface area contributed by atoms with E-state index in [0.717, 1.165) is 0 Å². The highest BCUT2D eigenvalue weighted by molar-refractivity contribution is 6.48. The van der Waals surface area contributed by atoms with Gasteiger partial charge in [-0.2, -0.15) is 0 Å². The van der Waals surface area contributed by atoms with Gasteiger partial charge in [-0.25, -0.2) is 0 Å². The molecule has 0 atom stereocenters. The molecule has 1 heterocycles. The fourth-order valence-electron chi connectivity index (χ4n) is 1.62. The van der Waals surface area contributed by atoms with Gasteiger partial charge in [-0.15, -0.1) is 0 Å². The zero-order valence-corrected chi connectivity index (χ0v) is 11.7. The third-order valence-corrected chi connectivity index (χ3v) is 3.98. The number of halogens is 4. The molecule has 0 aliphatic carbocycles. The molecule has 1 aliphatic heterocycles. The number of hydrogen-bond donors (Lipinski definition) is 0. The molecule has 0 bridgehead atoms. The summed E-state index contributed by atoms with van der Waals surface area (Å²) >= 11 is 24.0. The van der Waals surface area contributed by atoms with Crippen LogP contribution in [0, 0.1) is 0 Å². The third-order valence-electron chi connectivity index (χ3n) is 2.44. The predicted molar refractivity (Wildman–Crippen MR) is 73.1 cm³/mol. The zero-order valence-electron chi connectivity index (χ0n) is 8.64. The Labute approximate surface area is 123 Å². The Kier molecular flexibility index (Phi) is 2.99. The number of para-hydroxylation sites is 1. The summed E-state index contributed by atoms with van der Waals surface area (Å²) in [4.78, 5) is 0. The van der Waals surface area contributed by atoms with Crippen molar-refractivity contribution >= 4 is 46.4 Å². The maximum absolute atomic E-state index is 6.07. The molecule has 1 aliphatic rings. The summed E-state index contributed by atoms with van der Waals surface area (Å²) in [7, 11) is 0. The molecular weight excluding hydrogens is 318 g/mol. The van der Waals surface area contributed by atoms with Crippen LogP contribution in [-0.4, -0.2) is 0 Å². The van der Waals surface area contributed by atoms with Gasteiger partial charge in [0, 0.05) is 6.07 Å². The van der Waals surface area contributed by atoms with Crippen molar-refractivity contribution in [1.29, 1.82) is 0 Å². The van der Waals surface area contributed by atoms with Crippen molar-refractivity contribution in [3.63, 3.8) is 0 Å². The topological polar surface area (TPSA) is 18.5 Å². The lowest BCUT2D eigenvalue weighted by atomic mass is 10.2. The summed E-state index contributed by atoms with van der Waals surface area (Å²) in [5.41, 5.74) is 0. The molecule has 0 aromatic heterocycles. The first-order valence-corrected chi connectivity index (χ1v) is 6.41. The average Bonchev–Trinajstić information content (AvgIpc) is 2.36. The summed E-state index contributed by atoms with van der Waals surface area (Å²) in [6.07, 6.45) is 0. The minimum Gasteiger partial charge on any atom is -0.448 e. The van der Waals surface area contributed by atoms with E-state index in [2.05, 4.69) is 0 Å². The van der Waals surface area contributed by atoms with Crippen molar-refractivity contribution in [3.05, 3.63) is 44.4 Å². The van der Waals surface area contributed by atoms with Crippen LogP contribution in [0.5, 0.6) is 23.0 Å². The Hall–Kier alpha value is -0.800. The number of fused-ring (bicyclic) bond motifs is 2. The molecule has 2 aromatic carbocycles. The molecule has 0 fully saturated rings. The highest BCUT2D eigenvalue weighted by Crippen LogP contribution is 2.53. The van der Waals surface area contributed by atoms with E-state index in [1.54, 1.807) is 18.2 Å². The smallest absolute Gasteiger partial charge is 0.190 e. The molecule has 2 aromatic rings. The minimum atomic E-state index is 0.213. The van der Waals surface area contributed by atoms with E-state index in [9.17, 15) is 0 Å². The van der Waals surface area contributed by atoms with Gasteiger partial charge in [0.15, 0.2) is 23.0 Å². The van der Waals surface area contributed by atoms with Crippen LogP contribution >= 0.6 is 46.4 Å². The second-order valence-corrected chi connectivity index (χ2v) is 5.16. The van der Waals surface area contributed by atoms with Crippen molar-refractivity contribution in [2.75, 3.05) is 0 Å². The van der Waals surface area contributed by atoms with Gasteiger partial charge < -0.3 is 9.47 Å². The van der Waals surface area contributed by atoms with Crippen LogP contribution in [-0.2, 0) is 0 Å². The molecular formula is C12H4Cl4O2. The van der Waals surface area contributed by atoms with Crippen LogP contribution in [0.2, 0.25) is 20.1 Å². The molecule has 6 heteroatoms. The summed E-state index contributed by atoms with van der Waals surface area (Å²) in [6.45, 7) is 0. The Morgan fingerprint density at radius 3 is 2.22 bits per heavy atom. The summed E-state index contributed by atoms with van der Waals surface area (Å²) in [6, 6.07) is 6.72. The van der Waals surface area contributed by atoms with Crippen molar-refractivity contribution in [1.82, 2.24) is 0 Å². The monoisotopic (exact) mass is 320 g/mol. The van der Waals surface area contributed by atoms with Crippen LogP contribution in [0.1, 0.15) is 0 Å². The predicted octanol–water partition coefficient (Wildman–Crippen LogP) is 6.20. The van der Waals surface area contributed by atoms with Gasteiger partial charge in [0.25, 0.3) is 0 Å². The van der Waals surface area contributed by atoms with Crippen molar-refractivity contribution in [2.24, 2.45) is 0 Å². The lowest BCUT2D eigenvalue weighted by Gasteiger charge is -2.22. The van der Waals surface area contributed by atoms with E-state index in [1.165, 1.54) is 6.07 Å². The van der Waals surface area contributed by atoms with Crippen LogP contribution in [0.15, 0.2) is 24.3 Å². The third kappa shape index (κ3) is 1.81. The standard InChI is InChI=1S/C12H4Cl4O2/c13-5-2-1-3-7-11(5)18-8-4-6(14)9(15)10(16)12(8)17-7/h1-4H. The van der Waals surface area contributed by atoms with Crippen LogP contribution in [0.25, 0.3) is 0 Å². The Morgan fingerprint density at radius 1 is 0.722 bits per heavy atom. The molecule has 3 rings (SSSR count). The van der Waals surface area contributed by atoms with Gasteiger partial charge in [0.2, 0.25) is 0 Å². The summed E-state index contributed by atoms with van der Waals surface area (Å²) in [5, 5.41) is 1.18. The van der Waals surface area contributed by atoms with Gasteiger partial charge in [-0.1, -0.05) is 52.5 Å². The number of hydrogen-bond acceptors (Lipinski definition) is 2. The van der Waals surface area contributed by atoms with Gasteiger partial charge in [-0.3, -0.25) is 0 Å². The summed E-state index contributed by atoms with van der Waals surface area (Å²) < 4.78 is 11.3. The maximum atomic E-state index is 6.07. The normalized spacial score (nSPS) is 12.2. The van der Waals surface area contributed by atoms with Gasteiger partial charge in [0.1, 0.15) is 5.02 Å². The molecule has 0 saturated carbocycles. The molecule has 0 radical (unpaired) electrons. The Bertz CT molecular complexity index is 655. The van der Waals surface area contributed by atoms with E-state index >= 15 is 0 Å². The van der Waals surface area contributed by atoms with Gasteiger partial charge >= 0.3 is 0 Å². The average molecular weight is 322 g/mol. The second kappa shape index (κ2) is 4.39. The molecule has 0 N–H and O–H groups in total. The highest BCUT2D eigenvalue weighted by atomic mass is 35.5. The van der Waals surface area contributed by atoms with Crippen LogP contribution < -0.4 is 9.47 Å².